The fraction of sp³-hybridized carbons (Fsp3) is 0.440. The zero-order valence-electron chi connectivity index (χ0n) is 18.7. The van der Waals surface area contributed by atoms with Gasteiger partial charge in [-0.1, -0.05) is 24.6 Å². The number of hydrogen-bond acceptors (Lipinski definition) is 6. The van der Waals surface area contributed by atoms with E-state index in [0.29, 0.717) is 17.1 Å². The Morgan fingerprint density at radius 3 is 2.76 bits per heavy atom. The highest BCUT2D eigenvalue weighted by molar-refractivity contribution is 7.98. The lowest BCUT2D eigenvalue weighted by molar-refractivity contribution is 0.457. The Balaban J connectivity index is 1.42. The van der Waals surface area contributed by atoms with Crippen LogP contribution in [0.15, 0.2) is 39.1 Å². The number of thioether (sulfide) groups is 1. The predicted octanol–water partition coefficient (Wildman–Crippen LogP) is 5.06. The molecular weight excluding hydrogens is 452 g/mol. The van der Waals surface area contributed by atoms with Gasteiger partial charge in [0.15, 0.2) is 5.16 Å². The quantitative estimate of drug-likeness (QED) is 0.303. The van der Waals surface area contributed by atoms with Gasteiger partial charge in [0.05, 0.1) is 11.1 Å². The number of pyridine rings is 1. The minimum absolute atomic E-state index is 0.0851. The van der Waals surface area contributed by atoms with Gasteiger partial charge < -0.3 is 0 Å². The van der Waals surface area contributed by atoms with Crippen LogP contribution in [0.4, 0.5) is 0 Å². The lowest BCUT2D eigenvalue weighted by Gasteiger charge is -2.18. The molecule has 2 aliphatic carbocycles. The van der Waals surface area contributed by atoms with Crippen LogP contribution in [0.2, 0.25) is 0 Å². The summed E-state index contributed by atoms with van der Waals surface area (Å²) in [5, 5.41) is 1.63. The fourth-order valence-electron chi connectivity index (χ4n) is 5.25. The molecule has 6 rings (SSSR count). The first kappa shape index (κ1) is 21.1. The summed E-state index contributed by atoms with van der Waals surface area (Å²) in [4.78, 5) is 38.3. The summed E-state index contributed by atoms with van der Waals surface area (Å²) in [7, 11) is 0. The molecule has 0 spiro atoms. The van der Waals surface area contributed by atoms with E-state index in [0.717, 1.165) is 65.9 Å². The third kappa shape index (κ3) is 3.73. The van der Waals surface area contributed by atoms with Crippen LogP contribution >= 0.6 is 23.1 Å². The van der Waals surface area contributed by atoms with Crippen molar-refractivity contribution in [1.29, 1.82) is 0 Å². The van der Waals surface area contributed by atoms with Crippen LogP contribution < -0.4 is 11.1 Å². The van der Waals surface area contributed by atoms with E-state index in [4.69, 9.17) is 9.97 Å². The third-order valence-corrected chi connectivity index (χ3v) is 9.08. The summed E-state index contributed by atoms with van der Waals surface area (Å²) < 4.78 is 3.54. The van der Waals surface area contributed by atoms with Crippen molar-refractivity contribution in [1.82, 2.24) is 18.9 Å². The normalized spacial score (nSPS) is 16.6. The van der Waals surface area contributed by atoms with Gasteiger partial charge in [-0.2, -0.15) is 0 Å². The van der Waals surface area contributed by atoms with Crippen molar-refractivity contribution in [2.24, 2.45) is 0 Å². The molecule has 0 atom stereocenters. The minimum Gasteiger partial charge on any atom is -0.284 e. The summed E-state index contributed by atoms with van der Waals surface area (Å²) in [6.07, 6.45) is 10.5. The van der Waals surface area contributed by atoms with E-state index < -0.39 is 0 Å². The van der Waals surface area contributed by atoms with Crippen molar-refractivity contribution in [3.63, 3.8) is 0 Å². The summed E-state index contributed by atoms with van der Waals surface area (Å²) in [6.45, 7) is 1.99. The Bertz CT molecular complexity index is 1490. The van der Waals surface area contributed by atoms with E-state index in [1.807, 2.05) is 23.6 Å². The van der Waals surface area contributed by atoms with Crippen LogP contribution in [-0.4, -0.2) is 18.9 Å². The molecule has 0 unspecified atom stereocenters. The summed E-state index contributed by atoms with van der Waals surface area (Å²) >= 11 is 3.23. The molecular formula is C25H26N4O2S2. The van der Waals surface area contributed by atoms with E-state index in [9.17, 15) is 9.59 Å². The average Bonchev–Trinajstić information content (AvgIpc) is 3.45. The number of rotatable bonds is 4. The molecule has 0 radical (unpaired) electrons. The van der Waals surface area contributed by atoms with E-state index in [1.165, 1.54) is 28.6 Å². The molecule has 2 aliphatic rings. The van der Waals surface area contributed by atoms with Gasteiger partial charge in [-0.15, -0.1) is 11.3 Å². The molecule has 6 nitrogen and oxygen atoms in total. The van der Waals surface area contributed by atoms with Crippen molar-refractivity contribution < 1.29 is 0 Å². The number of thiophene rings is 1. The van der Waals surface area contributed by atoms with Crippen LogP contribution in [0.1, 0.15) is 66.3 Å². The highest BCUT2D eigenvalue weighted by Gasteiger charge is 2.27. The van der Waals surface area contributed by atoms with Gasteiger partial charge in [0.2, 0.25) is 0 Å². The first-order chi connectivity index (χ1) is 16.1. The van der Waals surface area contributed by atoms with Crippen LogP contribution in [0.25, 0.3) is 15.9 Å². The standard InChI is InChI=1S/C25H26N4O2S2/c1-15-10-11-28-20(12-15)26-16(13-21(28)30)14-32-25-27-23-22(18-8-4-5-9-19(18)33-23)24(31)29(25)17-6-2-3-7-17/h10-13,17H,2-9,14H2,1H3. The molecule has 8 heteroatoms. The van der Waals surface area contributed by atoms with Crippen molar-refractivity contribution in [2.75, 3.05) is 0 Å². The summed E-state index contributed by atoms with van der Waals surface area (Å²) in [5.41, 5.74) is 3.74. The van der Waals surface area contributed by atoms with Crippen molar-refractivity contribution >= 4 is 39.0 Å². The second kappa shape index (κ2) is 8.40. The van der Waals surface area contributed by atoms with Crippen LogP contribution in [-0.2, 0) is 18.6 Å². The first-order valence-corrected chi connectivity index (χ1v) is 13.6. The molecule has 0 amide bonds. The number of fused-ring (bicyclic) bond motifs is 4. The minimum atomic E-state index is -0.0851. The Morgan fingerprint density at radius 1 is 1.09 bits per heavy atom. The number of aromatic nitrogens is 4. The highest BCUT2D eigenvalue weighted by atomic mass is 32.2. The third-order valence-electron chi connectivity index (χ3n) is 6.90. The van der Waals surface area contributed by atoms with Gasteiger partial charge in [-0.3, -0.25) is 18.6 Å². The summed E-state index contributed by atoms with van der Waals surface area (Å²) in [6, 6.07) is 5.64. The lowest BCUT2D eigenvalue weighted by Crippen LogP contribution is -2.26. The number of aryl methyl sites for hydroxylation is 3. The molecule has 0 aromatic carbocycles. The second-order valence-corrected chi connectivity index (χ2v) is 11.2. The molecule has 170 valence electrons. The predicted molar refractivity (Wildman–Crippen MR) is 134 cm³/mol. The van der Waals surface area contributed by atoms with Gasteiger partial charge in [-0.25, -0.2) is 9.97 Å². The SMILES string of the molecule is Cc1ccn2c(=O)cc(CSc3nc4sc5c(c4c(=O)n3C3CCCC3)CCCC5)nc2c1. The molecule has 0 saturated heterocycles. The molecule has 4 aromatic heterocycles. The van der Waals surface area contributed by atoms with Crippen molar-refractivity contribution in [3.05, 3.63) is 66.8 Å². The van der Waals surface area contributed by atoms with Gasteiger partial charge in [0, 0.05) is 28.9 Å². The van der Waals surface area contributed by atoms with E-state index >= 15 is 0 Å². The molecule has 1 fully saturated rings. The zero-order chi connectivity index (χ0) is 22.5. The molecule has 4 heterocycles. The van der Waals surface area contributed by atoms with Gasteiger partial charge >= 0.3 is 0 Å². The van der Waals surface area contributed by atoms with E-state index in [2.05, 4.69) is 0 Å². The Hall–Kier alpha value is -2.45. The monoisotopic (exact) mass is 478 g/mol. The molecule has 0 bridgehead atoms. The second-order valence-electron chi connectivity index (χ2n) is 9.21. The molecule has 0 aliphatic heterocycles. The van der Waals surface area contributed by atoms with Gasteiger partial charge in [-0.05, 0) is 68.7 Å². The Labute approximate surface area is 199 Å². The Kier molecular flexibility index (Phi) is 5.37. The molecule has 33 heavy (non-hydrogen) atoms. The smallest absolute Gasteiger partial charge is 0.263 e. The highest BCUT2D eigenvalue weighted by Crippen LogP contribution is 2.37. The average molecular weight is 479 g/mol. The topological polar surface area (TPSA) is 69.3 Å². The molecule has 0 N–H and O–H groups in total. The number of nitrogens with zero attached hydrogens (tertiary/aromatic N) is 4. The van der Waals surface area contributed by atoms with Gasteiger partial charge in [0.25, 0.3) is 11.1 Å². The number of hydrogen-bond donors (Lipinski definition) is 0. The Morgan fingerprint density at radius 2 is 1.91 bits per heavy atom. The maximum atomic E-state index is 13.8. The van der Waals surface area contributed by atoms with Crippen LogP contribution in [0.3, 0.4) is 0 Å². The summed E-state index contributed by atoms with van der Waals surface area (Å²) in [5.74, 6) is 0.509. The largest absolute Gasteiger partial charge is 0.284 e. The van der Waals surface area contributed by atoms with Crippen molar-refractivity contribution in [3.8, 4) is 0 Å². The van der Waals surface area contributed by atoms with E-state index in [-0.39, 0.29) is 17.2 Å². The lowest BCUT2D eigenvalue weighted by atomic mass is 9.97. The van der Waals surface area contributed by atoms with Crippen LogP contribution in [0.5, 0.6) is 0 Å². The van der Waals surface area contributed by atoms with Crippen molar-refractivity contribution in [2.45, 2.75) is 75.2 Å². The van der Waals surface area contributed by atoms with Crippen LogP contribution in [0, 0.1) is 6.92 Å². The van der Waals surface area contributed by atoms with Gasteiger partial charge in [0.1, 0.15) is 10.5 Å². The fourth-order valence-corrected chi connectivity index (χ4v) is 7.51. The van der Waals surface area contributed by atoms with E-state index in [1.54, 1.807) is 28.0 Å². The maximum Gasteiger partial charge on any atom is 0.263 e. The molecule has 4 aromatic rings. The molecule has 1 saturated carbocycles. The first-order valence-electron chi connectivity index (χ1n) is 11.8. The maximum absolute atomic E-state index is 13.8. The zero-order valence-corrected chi connectivity index (χ0v) is 20.3.